The van der Waals surface area contributed by atoms with Crippen LogP contribution in [-0.4, -0.2) is 65.6 Å². The lowest BCUT2D eigenvalue weighted by Crippen LogP contribution is -2.43. The molecule has 0 radical (unpaired) electrons. The molecule has 190 valence electrons. The van der Waals surface area contributed by atoms with Gasteiger partial charge in [-0.25, -0.2) is 17.5 Å². The maximum Gasteiger partial charge on any atom is 0.311 e. The zero-order valence-electron chi connectivity index (χ0n) is 19.6. The van der Waals surface area contributed by atoms with E-state index in [0.717, 1.165) is 0 Å². The summed E-state index contributed by atoms with van der Waals surface area (Å²) >= 11 is 0. The average Bonchev–Trinajstić information content (AvgIpc) is 3.50. The van der Waals surface area contributed by atoms with Crippen molar-refractivity contribution in [2.75, 3.05) is 25.0 Å². The van der Waals surface area contributed by atoms with Crippen molar-refractivity contribution in [2.45, 2.75) is 24.8 Å². The predicted octanol–water partition coefficient (Wildman–Crippen LogP) is 1.23. The SMILES string of the molecule is Cc1nnc(C(=O)N2C[C@H]3COc4c(cn(C)c4C(=O)Nc4ccc(F)c(C)c4)S(=O)(=O)N[C@H]3C2)o1. The summed E-state index contributed by atoms with van der Waals surface area (Å²) in [6, 6.07) is 3.49. The second-order valence-electron chi connectivity index (χ2n) is 8.84. The molecular formula is C22H23FN6O6S. The van der Waals surface area contributed by atoms with E-state index in [4.69, 9.17) is 9.15 Å². The predicted molar refractivity (Wildman–Crippen MR) is 123 cm³/mol. The van der Waals surface area contributed by atoms with Crippen molar-refractivity contribution < 1.29 is 31.6 Å². The number of hydrogen-bond acceptors (Lipinski definition) is 8. The molecule has 1 aromatic carbocycles. The number of nitrogens with zero attached hydrogens (tertiary/aromatic N) is 4. The topological polar surface area (TPSA) is 149 Å². The Bertz CT molecular complexity index is 1480. The number of amides is 2. The molecule has 0 saturated carbocycles. The molecule has 0 bridgehead atoms. The Kier molecular flexibility index (Phi) is 5.79. The number of likely N-dealkylation sites (tertiary alicyclic amines) is 1. The first-order valence-corrected chi connectivity index (χ1v) is 12.5. The van der Waals surface area contributed by atoms with Crippen molar-refractivity contribution in [3.8, 4) is 5.75 Å². The van der Waals surface area contributed by atoms with Crippen LogP contribution in [0.25, 0.3) is 0 Å². The number of fused-ring (bicyclic) bond motifs is 2. The lowest BCUT2D eigenvalue weighted by Gasteiger charge is -2.23. The van der Waals surface area contributed by atoms with Crippen LogP contribution in [0.15, 0.2) is 33.7 Å². The Labute approximate surface area is 205 Å². The van der Waals surface area contributed by atoms with E-state index in [2.05, 4.69) is 20.2 Å². The standard InChI is InChI=1S/C22H23FN6O6S/c1-11-6-14(4-5-15(11)23)24-20(30)18-19-17(9-28(18)3)36(32,33)27-16-8-29(7-13(16)10-34-19)22(31)21-26-25-12(2)35-21/h4-6,9,13,16,27H,7-8,10H2,1-3H3,(H,24,30)/t13-,16-/m0/s1. The molecule has 5 rings (SSSR count). The number of carbonyl (C=O) groups excluding carboxylic acids is 2. The first kappa shape index (κ1) is 23.9. The first-order valence-electron chi connectivity index (χ1n) is 11.0. The Hall–Kier alpha value is -3.78. The van der Waals surface area contributed by atoms with Crippen molar-refractivity contribution in [1.29, 1.82) is 0 Å². The van der Waals surface area contributed by atoms with Gasteiger partial charge in [-0.15, -0.1) is 10.2 Å². The van der Waals surface area contributed by atoms with Crippen LogP contribution in [0.5, 0.6) is 5.75 Å². The van der Waals surface area contributed by atoms with Crippen LogP contribution >= 0.6 is 0 Å². The lowest BCUT2D eigenvalue weighted by molar-refractivity contribution is 0.0741. The van der Waals surface area contributed by atoms with E-state index in [0.29, 0.717) is 11.3 Å². The lowest BCUT2D eigenvalue weighted by atomic mass is 10.1. The maximum absolute atomic E-state index is 13.6. The highest BCUT2D eigenvalue weighted by atomic mass is 32.2. The van der Waals surface area contributed by atoms with Crippen LogP contribution in [0.2, 0.25) is 0 Å². The number of rotatable bonds is 3. The minimum Gasteiger partial charge on any atom is -0.489 e. The third-order valence-electron chi connectivity index (χ3n) is 6.21. The fourth-order valence-electron chi connectivity index (χ4n) is 4.39. The summed E-state index contributed by atoms with van der Waals surface area (Å²) in [5.74, 6) is -1.96. The van der Waals surface area contributed by atoms with Crippen molar-refractivity contribution >= 4 is 27.5 Å². The van der Waals surface area contributed by atoms with Gasteiger partial charge in [0.25, 0.3) is 5.91 Å². The number of nitrogens with one attached hydrogen (secondary N) is 2. The van der Waals surface area contributed by atoms with Crippen LogP contribution in [0.1, 0.15) is 32.6 Å². The second kappa shape index (κ2) is 8.71. The Morgan fingerprint density at radius 2 is 2.00 bits per heavy atom. The largest absolute Gasteiger partial charge is 0.489 e. The number of aromatic nitrogens is 3. The average molecular weight is 519 g/mol. The van der Waals surface area contributed by atoms with Gasteiger partial charge in [-0.05, 0) is 30.7 Å². The van der Waals surface area contributed by atoms with Gasteiger partial charge >= 0.3 is 11.8 Å². The van der Waals surface area contributed by atoms with E-state index in [9.17, 15) is 22.4 Å². The number of anilines is 1. The van der Waals surface area contributed by atoms with Crippen LogP contribution < -0.4 is 14.8 Å². The van der Waals surface area contributed by atoms with Crippen molar-refractivity contribution in [3.05, 3.63) is 53.3 Å². The minimum atomic E-state index is -4.10. The zero-order chi connectivity index (χ0) is 25.8. The van der Waals surface area contributed by atoms with E-state index in [1.54, 1.807) is 13.8 Å². The van der Waals surface area contributed by atoms with Crippen molar-refractivity contribution in [3.63, 3.8) is 0 Å². The summed E-state index contributed by atoms with van der Waals surface area (Å²) in [4.78, 5) is 27.1. The summed E-state index contributed by atoms with van der Waals surface area (Å²) in [7, 11) is -2.57. The van der Waals surface area contributed by atoms with Gasteiger partial charge in [0, 0.05) is 50.9 Å². The monoisotopic (exact) mass is 518 g/mol. The van der Waals surface area contributed by atoms with E-state index in [1.165, 1.54) is 40.9 Å². The molecule has 2 aromatic heterocycles. The molecule has 2 atom stereocenters. The highest BCUT2D eigenvalue weighted by Crippen LogP contribution is 2.35. The van der Waals surface area contributed by atoms with Crippen LogP contribution in [-0.2, 0) is 17.1 Å². The number of halogens is 1. The Balaban J connectivity index is 1.41. The van der Waals surface area contributed by atoms with Gasteiger partial charge in [-0.2, -0.15) is 0 Å². The molecule has 12 nitrogen and oxygen atoms in total. The Morgan fingerprint density at radius 1 is 1.22 bits per heavy atom. The summed E-state index contributed by atoms with van der Waals surface area (Å²) in [6.07, 6.45) is 1.29. The number of benzene rings is 1. The van der Waals surface area contributed by atoms with Crippen molar-refractivity contribution in [2.24, 2.45) is 13.0 Å². The highest BCUT2D eigenvalue weighted by molar-refractivity contribution is 7.89. The molecule has 0 unspecified atom stereocenters. The van der Waals surface area contributed by atoms with Crippen LogP contribution in [0.3, 0.4) is 0 Å². The number of aryl methyl sites for hydroxylation is 3. The molecule has 2 aliphatic heterocycles. The van der Waals surface area contributed by atoms with Gasteiger partial charge < -0.3 is 23.9 Å². The van der Waals surface area contributed by atoms with Crippen LogP contribution in [0.4, 0.5) is 10.1 Å². The fraction of sp³-hybridized carbons (Fsp3) is 0.364. The first-order chi connectivity index (χ1) is 17.0. The molecule has 2 N–H and O–H groups in total. The summed E-state index contributed by atoms with van der Waals surface area (Å²) < 4.78 is 55.2. The van der Waals surface area contributed by atoms with E-state index < -0.39 is 39.6 Å². The number of ether oxygens (including phenoxy) is 1. The number of hydrogen-bond donors (Lipinski definition) is 2. The van der Waals surface area contributed by atoms with Gasteiger partial charge in [0.15, 0.2) is 11.4 Å². The van der Waals surface area contributed by atoms with Gasteiger partial charge in [0.1, 0.15) is 10.7 Å². The normalized spacial score (nSPS) is 20.6. The van der Waals surface area contributed by atoms with E-state index in [1.807, 2.05) is 0 Å². The second-order valence-corrected chi connectivity index (χ2v) is 10.5. The van der Waals surface area contributed by atoms with E-state index in [-0.39, 0.29) is 47.8 Å². The molecular weight excluding hydrogens is 495 g/mol. The van der Waals surface area contributed by atoms with Gasteiger partial charge in [-0.1, -0.05) is 0 Å². The molecule has 1 saturated heterocycles. The van der Waals surface area contributed by atoms with Crippen molar-refractivity contribution in [1.82, 2.24) is 24.4 Å². The third-order valence-corrected chi connectivity index (χ3v) is 7.69. The summed E-state index contributed by atoms with van der Waals surface area (Å²) in [5.41, 5.74) is 0.685. The molecule has 2 aliphatic rings. The number of carbonyl (C=O) groups is 2. The van der Waals surface area contributed by atoms with E-state index >= 15 is 0 Å². The van der Waals surface area contributed by atoms with Crippen LogP contribution in [0, 0.1) is 25.6 Å². The third kappa shape index (κ3) is 4.22. The van der Waals surface area contributed by atoms with Gasteiger partial charge in [-0.3, -0.25) is 9.59 Å². The van der Waals surface area contributed by atoms with Gasteiger partial charge in [0.05, 0.1) is 6.61 Å². The molecule has 4 heterocycles. The molecule has 2 amide bonds. The highest BCUT2D eigenvalue weighted by Gasteiger charge is 2.43. The maximum atomic E-state index is 13.6. The number of sulfonamides is 1. The molecule has 0 spiro atoms. The smallest absolute Gasteiger partial charge is 0.311 e. The molecule has 36 heavy (non-hydrogen) atoms. The minimum absolute atomic E-state index is 0.0110. The molecule has 14 heteroatoms. The fourth-order valence-corrected chi connectivity index (χ4v) is 5.88. The Morgan fingerprint density at radius 3 is 2.69 bits per heavy atom. The zero-order valence-corrected chi connectivity index (χ0v) is 20.4. The summed E-state index contributed by atoms with van der Waals surface area (Å²) in [6.45, 7) is 3.45. The molecule has 1 fully saturated rings. The molecule has 3 aromatic rings. The summed E-state index contributed by atoms with van der Waals surface area (Å²) in [5, 5.41) is 10.1. The molecule has 0 aliphatic carbocycles. The van der Waals surface area contributed by atoms with Gasteiger partial charge in [0.2, 0.25) is 15.9 Å². The quantitative estimate of drug-likeness (QED) is 0.526.